The summed E-state index contributed by atoms with van der Waals surface area (Å²) in [6.07, 6.45) is 0.377. The van der Waals surface area contributed by atoms with Crippen LogP contribution in [0.4, 0.5) is 10.1 Å². The van der Waals surface area contributed by atoms with E-state index in [4.69, 9.17) is 4.74 Å². The fraction of sp³-hybridized carbons (Fsp3) is 0.300. The molecule has 1 aromatic carbocycles. The fourth-order valence-electron chi connectivity index (χ4n) is 1.45. The van der Waals surface area contributed by atoms with E-state index < -0.39 is 6.67 Å². The van der Waals surface area contributed by atoms with E-state index in [1.807, 2.05) is 0 Å². The van der Waals surface area contributed by atoms with E-state index in [1.54, 1.807) is 18.2 Å². The van der Waals surface area contributed by atoms with Crippen molar-refractivity contribution in [1.29, 1.82) is 0 Å². The van der Waals surface area contributed by atoms with Gasteiger partial charge in [-0.15, -0.1) is 0 Å². The van der Waals surface area contributed by atoms with Crippen molar-refractivity contribution in [3.63, 3.8) is 0 Å². The molecule has 1 heterocycles. The van der Waals surface area contributed by atoms with E-state index in [0.29, 0.717) is 12.2 Å². The summed E-state index contributed by atoms with van der Waals surface area (Å²) >= 11 is 0. The maximum absolute atomic E-state index is 11.8. The molecular formula is C10H10FNO2. The maximum Gasteiger partial charge on any atom is 0.228 e. The number of rotatable bonds is 3. The van der Waals surface area contributed by atoms with Gasteiger partial charge in [0, 0.05) is 5.69 Å². The van der Waals surface area contributed by atoms with Crippen LogP contribution in [0.5, 0.6) is 5.75 Å². The van der Waals surface area contributed by atoms with Gasteiger partial charge in [-0.1, -0.05) is 0 Å². The molecule has 1 aromatic rings. The molecule has 4 heteroatoms. The van der Waals surface area contributed by atoms with Crippen LogP contribution < -0.4 is 10.1 Å². The van der Waals surface area contributed by atoms with Crippen molar-refractivity contribution in [3.8, 4) is 5.75 Å². The number of fused-ring (bicyclic) bond motifs is 1. The van der Waals surface area contributed by atoms with Crippen LogP contribution in [0.3, 0.4) is 0 Å². The minimum atomic E-state index is -0.506. The molecular weight excluding hydrogens is 185 g/mol. The second-order valence-electron chi connectivity index (χ2n) is 3.08. The topological polar surface area (TPSA) is 38.3 Å². The van der Waals surface area contributed by atoms with Gasteiger partial charge in [0.05, 0.1) is 6.42 Å². The van der Waals surface area contributed by atoms with Crippen molar-refractivity contribution in [1.82, 2.24) is 0 Å². The second kappa shape index (κ2) is 3.65. The molecule has 0 bridgehead atoms. The van der Waals surface area contributed by atoms with Crippen LogP contribution >= 0.6 is 0 Å². The third kappa shape index (κ3) is 1.69. The fourth-order valence-corrected chi connectivity index (χ4v) is 1.45. The second-order valence-corrected chi connectivity index (χ2v) is 3.08. The molecule has 0 aliphatic carbocycles. The zero-order valence-corrected chi connectivity index (χ0v) is 7.55. The smallest absolute Gasteiger partial charge is 0.228 e. The van der Waals surface area contributed by atoms with Crippen molar-refractivity contribution in [2.24, 2.45) is 0 Å². The largest absolute Gasteiger partial charge is 0.491 e. The number of hydrogen-bond acceptors (Lipinski definition) is 2. The van der Waals surface area contributed by atoms with E-state index in [2.05, 4.69) is 5.32 Å². The summed E-state index contributed by atoms with van der Waals surface area (Å²) in [7, 11) is 0. The van der Waals surface area contributed by atoms with Gasteiger partial charge in [-0.25, -0.2) is 4.39 Å². The number of carbonyl (C=O) groups is 1. The molecule has 1 amide bonds. The highest BCUT2D eigenvalue weighted by Gasteiger charge is 2.17. The Morgan fingerprint density at radius 3 is 3.14 bits per heavy atom. The molecule has 0 saturated carbocycles. The van der Waals surface area contributed by atoms with Gasteiger partial charge in [0.15, 0.2) is 0 Å². The zero-order chi connectivity index (χ0) is 9.97. The lowest BCUT2D eigenvalue weighted by molar-refractivity contribution is -0.115. The van der Waals surface area contributed by atoms with Crippen molar-refractivity contribution in [3.05, 3.63) is 23.8 Å². The molecule has 74 valence electrons. The quantitative estimate of drug-likeness (QED) is 0.794. The van der Waals surface area contributed by atoms with Gasteiger partial charge in [-0.05, 0) is 23.8 Å². The molecule has 14 heavy (non-hydrogen) atoms. The molecule has 0 spiro atoms. The Bertz CT molecular complexity index is 365. The minimum absolute atomic E-state index is 0.0114. The lowest BCUT2D eigenvalue weighted by atomic mass is 10.1. The predicted octanol–water partition coefficient (Wildman–Crippen LogP) is 1.53. The number of nitrogens with one attached hydrogen (secondary N) is 1. The van der Waals surface area contributed by atoms with Crippen molar-refractivity contribution >= 4 is 11.6 Å². The molecule has 0 saturated heterocycles. The van der Waals surface area contributed by atoms with Crippen LogP contribution in [0.15, 0.2) is 18.2 Å². The summed E-state index contributed by atoms with van der Waals surface area (Å²) in [6.45, 7) is -0.450. The van der Waals surface area contributed by atoms with Crippen LogP contribution in [0.1, 0.15) is 5.56 Å². The maximum atomic E-state index is 11.8. The summed E-state index contributed by atoms with van der Waals surface area (Å²) in [4.78, 5) is 11.0. The van der Waals surface area contributed by atoms with Crippen LogP contribution in [-0.2, 0) is 11.2 Å². The first-order valence-corrected chi connectivity index (χ1v) is 4.41. The molecule has 1 aliphatic rings. The van der Waals surface area contributed by atoms with E-state index in [0.717, 1.165) is 11.3 Å². The lowest BCUT2D eigenvalue weighted by Gasteiger charge is -2.04. The Hall–Kier alpha value is -1.58. The monoisotopic (exact) mass is 195 g/mol. The summed E-state index contributed by atoms with van der Waals surface area (Å²) < 4.78 is 16.9. The Kier molecular flexibility index (Phi) is 2.35. The Morgan fingerprint density at radius 1 is 1.50 bits per heavy atom. The standard InChI is InChI=1S/C10H10FNO2/c11-3-4-14-8-1-2-9-7(5-8)6-10(13)12-9/h1-2,5H,3-4,6H2,(H,12,13). The lowest BCUT2D eigenvalue weighted by Crippen LogP contribution is -2.03. The van der Waals surface area contributed by atoms with Gasteiger partial charge in [0.25, 0.3) is 0 Å². The van der Waals surface area contributed by atoms with Crippen LogP contribution in [0.2, 0.25) is 0 Å². The first kappa shape index (κ1) is 8.99. The SMILES string of the molecule is O=C1Cc2cc(OCCF)ccc2N1. The molecule has 0 atom stereocenters. The van der Waals surface area contributed by atoms with Crippen molar-refractivity contribution in [2.45, 2.75) is 6.42 Å². The third-order valence-corrected chi connectivity index (χ3v) is 2.05. The Balaban J connectivity index is 2.16. The summed E-state index contributed by atoms with van der Waals surface area (Å²) in [5.74, 6) is 0.598. The number of alkyl halides is 1. The van der Waals surface area contributed by atoms with Gasteiger partial charge < -0.3 is 10.1 Å². The summed E-state index contributed by atoms with van der Waals surface area (Å²) in [6, 6.07) is 5.26. The van der Waals surface area contributed by atoms with Crippen LogP contribution in [-0.4, -0.2) is 19.2 Å². The molecule has 2 rings (SSSR count). The molecule has 0 radical (unpaired) electrons. The summed E-state index contributed by atoms with van der Waals surface area (Å²) in [5.41, 5.74) is 1.73. The Labute approximate surface area is 80.9 Å². The minimum Gasteiger partial charge on any atom is -0.491 e. The molecule has 1 N–H and O–H groups in total. The first-order chi connectivity index (χ1) is 6.79. The number of benzene rings is 1. The highest BCUT2D eigenvalue weighted by molar-refractivity contribution is 5.99. The van der Waals surface area contributed by atoms with Gasteiger partial charge in [0.2, 0.25) is 5.91 Å². The number of hydrogen-bond donors (Lipinski definition) is 1. The number of amides is 1. The van der Waals surface area contributed by atoms with Gasteiger partial charge >= 0.3 is 0 Å². The highest BCUT2D eigenvalue weighted by atomic mass is 19.1. The van der Waals surface area contributed by atoms with E-state index in [-0.39, 0.29) is 12.5 Å². The van der Waals surface area contributed by atoms with Gasteiger partial charge in [-0.2, -0.15) is 0 Å². The van der Waals surface area contributed by atoms with Crippen LogP contribution in [0, 0.1) is 0 Å². The average Bonchev–Trinajstić information content (AvgIpc) is 2.54. The Morgan fingerprint density at radius 2 is 2.36 bits per heavy atom. The molecule has 0 fully saturated rings. The number of ether oxygens (including phenoxy) is 1. The van der Waals surface area contributed by atoms with Gasteiger partial charge in [0.1, 0.15) is 19.0 Å². The number of carbonyl (C=O) groups excluding carboxylic acids is 1. The van der Waals surface area contributed by atoms with Crippen molar-refractivity contribution < 1.29 is 13.9 Å². The average molecular weight is 195 g/mol. The predicted molar refractivity (Wildman–Crippen MR) is 50.2 cm³/mol. The third-order valence-electron chi connectivity index (χ3n) is 2.05. The number of halogens is 1. The van der Waals surface area contributed by atoms with Crippen molar-refractivity contribution in [2.75, 3.05) is 18.6 Å². The first-order valence-electron chi connectivity index (χ1n) is 4.41. The van der Waals surface area contributed by atoms with E-state index >= 15 is 0 Å². The normalized spacial score (nSPS) is 13.6. The molecule has 1 aliphatic heterocycles. The van der Waals surface area contributed by atoms with E-state index in [9.17, 15) is 9.18 Å². The van der Waals surface area contributed by atoms with E-state index in [1.165, 1.54) is 0 Å². The molecule has 0 aromatic heterocycles. The zero-order valence-electron chi connectivity index (χ0n) is 7.55. The summed E-state index contributed by atoms with van der Waals surface area (Å²) in [5, 5.41) is 2.71. The number of anilines is 1. The van der Waals surface area contributed by atoms with Gasteiger partial charge in [-0.3, -0.25) is 4.79 Å². The highest BCUT2D eigenvalue weighted by Crippen LogP contribution is 2.26. The molecule has 0 unspecified atom stereocenters. The molecule has 3 nitrogen and oxygen atoms in total. The van der Waals surface area contributed by atoms with Crippen LogP contribution in [0.25, 0.3) is 0 Å².